The fourth-order valence-electron chi connectivity index (χ4n) is 8.85. The number of hydrogen-bond donors (Lipinski definition) is 3. The molecular weight excluding hydrogens is 456 g/mol. The maximum atomic E-state index is 13.4. The number of aliphatic hydroxyl groups excluding tert-OH is 2. The lowest BCUT2D eigenvalue weighted by molar-refractivity contribution is -0.184. The molecule has 5 rings (SSSR count). The monoisotopic (exact) mass is 502 g/mol. The van der Waals surface area contributed by atoms with Crippen LogP contribution in [0.5, 0.6) is 0 Å². The predicted molar refractivity (Wildman–Crippen MR) is 137 cm³/mol. The second-order valence-corrected chi connectivity index (χ2v) is 14.0. The Labute approximate surface area is 216 Å². The normalized spacial score (nSPS) is 49.9. The van der Waals surface area contributed by atoms with Gasteiger partial charge in [-0.2, -0.15) is 0 Å². The minimum absolute atomic E-state index is 0.0423. The highest BCUT2D eigenvalue weighted by Gasteiger charge is 2.69. The van der Waals surface area contributed by atoms with Gasteiger partial charge in [0, 0.05) is 16.7 Å². The number of carbonyl (C=O) groups excluding carboxylic acids is 1. The van der Waals surface area contributed by atoms with Gasteiger partial charge in [0.25, 0.3) is 0 Å². The SMILES string of the molecule is CC(C)CCC1OC(C)(C)OC1(C)C1CCC2(O)C3=CC(=O)C4CC(O)C(O)CC4(C)C3=CCC12C. The number of hydrogen-bond acceptors (Lipinski definition) is 6. The van der Waals surface area contributed by atoms with E-state index in [-0.39, 0.29) is 30.1 Å². The maximum Gasteiger partial charge on any atom is 0.164 e. The van der Waals surface area contributed by atoms with Crippen molar-refractivity contribution >= 4 is 5.78 Å². The van der Waals surface area contributed by atoms with Crippen LogP contribution in [0.2, 0.25) is 0 Å². The Morgan fingerprint density at radius 1 is 1.08 bits per heavy atom. The number of ketones is 1. The molecule has 0 aromatic carbocycles. The fourth-order valence-corrected chi connectivity index (χ4v) is 8.85. The molecule has 6 nitrogen and oxygen atoms in total. The van der Waals surface area contributed by atoms with Crippen molar-refractivity contribution in [1.82, 2.24) is 0 Å². The van der Waals surface area contributed by atoms with Crippen LogP contribution in [-0.4, -0.2) is 56.4 Å². The highest BCUT2D eigenvalue weighted by Crippen LogP contribution is 2.68. The topological polar surface area (TPSA) is 96.2 Å². The van der Waals surface area contributed by atoms with Crippen molar-refractivity contribution in [2.24, 2.45) is 28.6 Å². The summed E-state index contributed by atoms with van der Waals surface area (Å²) in [6.45, 7) is 14.8. The zero-order chi connectivity index (χ0) is 26.5. The van der Waals surface area contributed by atoms with Gasteiger partial charge in [-0.3, -0.25) is 4.79 Å². The zero-order valence-electron chi connectivity index (χ0n) is 23.1. The van der Waals surface area contributed by atoms with E-state index >= 15 is 0 Å². The summed E-state index contributed by atoms with van der Waals surface area (Å²) in [5.74, 6) is -0.495. The van der Waals surface area contributed by atoms with E-state index < -0.39 is 40.0 Å². The van der Waals surface area contributed by atoms with Crippen LogP contribution in [0.1, 0.15) is 93.4 Å². The van der Waals surface area contributed by atoms with E-state index in [9.17, 15) is 20.1 Å². The molecule has 0 radical (unpaired) electrons. The number of aliphatic hydroxyl groups is 3. The van der Waals surface area contributed by atoms with E-state index in [2.05, 4.69) is 33.8 Å². The van der Waals surface area contributed by atoms with Crippen LogP contribution in [0.3, 0.4) is 0 Å². The summed E-state index contributed by atoms with van der Waals surface area (Å²) in [5, 5.41) is 33.4. The molecule has 4 aliphatic carbocycles. The van der Waals surface area contributed by atoms with Crippen molar-refractivity contribution in [3.05, 3.63) is 23.3 Å². The van der Waals surface area contributed by atoms with Crippen LogP contribution in [0.15, 0.2) is 23.3 Å². The van der Waals surface area contributed by atoms with Crippen LogP contribution < -0.4 is 0 Å². The second-order valence-electron chi connectivity index (χ2n) is 14.0. The molecule has 1 heterocycles. The first kappa shape index (κ1) is 26.6. The average molecular weight is 503 g/mol. The molecular formula is C30H46O6. The Morgan fingerprint density at radius 3 is 2.44 bits per heavy atom. The number of carbonyl (C=O) groups is 1. The summed E-state index contributed by atoms with van der Waals surface area (Å²) in [6.07, 6.45) is 6.61. The quantitative estimate of drug-likeness (QED) is 0.525. The van der Waals surface area contributed by atoms with E-state index in [4.69, 9.17) is 9.47 Å². The first-order valence-corrected chi connectivity index (χ1v) is 14.0. The molecule has 6 heteroatoms. The third-order valence-electron chi connectivity index (χ3n) is 10.8. The number of rotatable bonds is 4. The summed E-state index contributed by atoms with van der Waals surface area (Å²) in [4.78, 5) is 13.4. The van der Waals surface area contributed by atoms with Gasteiger partial charge in [-0.15, -0.1) is 0 Å². The van der Waals surface area contributed by atoms with Crippen LogP contribution in [-0.2, 0) is 14.3 Å². The third kappa shape index (κ3) is 3.58. The zero-order valence-corrected chi connectivity index (χ0v) is 23.1. The van der Waals surface area contributed by atoms with Crippen LogP contribution >= 0.6 is 0 Å². The fraction of sp³-hybridized carbons (Fsp3) is 0.833. The Hall–Kier alpha value is -1.05. The first-order valence-electron chi connectivity index (χ1n) is 14.0. The van der Waals surface area contributed by atoms with Gasteiger partial charge < -0.3 is 24.8 Å². The van der Waals surface area contributed by atoms with E-state index in [0.717, 1.165) is 30.4 Å². The molecule has 0 spiro atoms. The summed E-state index contributed by atoms with van der Waals surface area (Å²) >= 11 is 0. The Balaban J connectivity index is 1.54. The Kier molecular flexibility index (Phi) is 6.07. The average Bonchev–Trinajstić information content (AvgIpc) is 3.18. The standard InChI is InChI=1S/C30H46O6/c1-17(2)8-9-25-29(7,36-26(3,4)35-25)24-11-13-30(34)19-14-21(31)20-15-22(32)23(33)16-27(20,5)18(19)10-12-28(24,30)6/h10,14,17,20,22-25,32-34H,8-9,11-13,15-16H2,1-7H3. The van der Waals surface area contributed by atoms with Gasteiger partial charge in [0.05, 0.1) is 29.5 Å². The molecule has 0 bridgehead atoms. The lowest BCUT2D eigenvalue weighted by atomic mass is 9.49. The van der Waals surface area contributed by atoms with Crippen molar-refractivity contribution in [1.29, 1.82) is 0 Å². The molecule has 0 aromatic heterocycles. The predicted octanol–water partition coefficient (Wildman–Crippen LogP) is 4.46. The van der Waals surface area contributed by atoms with E-state index in [1.807, 2.05) is 20.8 Å². The van der Waals surface area contributed by atoms with Gasteiger partial charge in [0.2, 0.25) is 0 Å². The molecule has 36 heavy (non-hydrogen) atoms. The molecule has 9 unspecified atom stereocenters. The first-order chi connectivity index (χ1) is 16.6. The maximum absolute atomic E-state index is 13.4. The number of fused-ring (bicyclic) bond motifs is 5. The molecule has 3 fully saturated rings. The second kappa shape index (κ2) is 8.22. The number of ether oxygens (including phenoxy) is 2. The van der Waals surface area contributed by atoms with Crippen LogP contribution in [0.4, 0.5) is 0 Å². The van der Waals surface area contributed by atoms with E-state index in [1.165, 1.54) is 0 Å². The van der Waals surface area contributed by atoms with Crippen molar-refractivity contribution in [2.75, 3.05) is 0 Å². The smallest absolute Gasteiger partial charge is 0.164 e. The van der Waals surface area contributed by atoms with Crippen LogP contribution in [0.25, 0.3) is 0 Å². The van der Waals surface area contributed by atoms with Crippen molar-refractivity contribution in [3.63, 3.8) is 0 Å². The largest absolute Gasteiger partial charge is 0.390 e. The molecule has 5 aliphatic rings. The summed E-state index contributed by atoms with van der Waals surface area (Å²) in [6, 6.07) is 0. The highest BCUT2D eigenvalue weighted by molar-refractivity contribution is 5.97. The molecule has 3 N–H and O–H groups in total. The minimum atomic E-state index is -1.16. The summed E-state index contributed by atoms with van der Waals surface area (Å²) in [5.41, 5.74) is -1.11. The molecule has 2 saturated carbocycles. The summed E-state index contributed by atoms with van der Waals surface area (Å²) in [7, 11) is 0. The van der Waals surface area contributed by atoms with Crippen molar-refractivity contribution in [2.45, 2.75) is 129 Å². The van der Waals surface area contributed by atoms with Crippen molar-refractivity contribution in [3.8, 4) is 0 Å². The van der Waals surface area contributed by atoms with Gasteiger partial charge in [-0.1, -0.05) is 33.8 Å². The molecule has 202 valence electrons. The van der Waals surface area contributed by atoms with Gasteiger partial charge in [-0.25, -0.2) is 0 Å². The van der Waals surface area contributed by atoms with Gasteiger partial charge in [-0.05, 0) is 94.8 Å². The number of allylic oxidation sites excluding steroid dienone is 2. The Morgan fingerprint density at radius 2 is 1.78 bits per heavy atom. The van der Waals surface area contributed by atoms with Gasteiger partial charge >= 0.3 is 0 Å². The Bertz CT molecular complexity index is 997. The van der Waals surface area contributed by atoms with Crippen LogP contribution in [0, 0.1) is 28.6 Å². The third-order valence-corrected chi connectivity index (χ3v) is 10.8. The molecule has 9 atom stereocenters. The lowest BCUT2D eigenvalue weighted by Gasteiger charge is -2.57. The molecule has 1 aliphatic heterocycles. The lowest BCUT2D eigenvalue weighted by Crippen LogP contribution is -2.59. The summed E-state index contributed by atoms with van der Waals surface area (Å²) < 4.78 is 13.2. The highest BCUT2D eigenvalue weighted by atomic mass is 16.8. The molecule has 1 saturated heterocycles. The van der Waals surface area contributed by atoms with E-state index in [0.29, 0.717) is 25.2 Å². The van der Waals surface area contributed by atoms with E-state index in [1.54, 1.807) is 6.08 Å². The van der Waals surface area contributed by atoms with Gasteiger partial charge in [0.15, 0.2) is 11.6 Å². The molecule has 0 aromatic rings. The minimum Gasteiger partial charge on any atom is -0.390 e. The molecule has 0 amide bonds. The van der Waals surface area contributed by atoms with Crippen molar-refractivity contribution < 1.29 is 29.6 Å². The van der Waals surface area contributed by atoms with Gasteiger partial charge in [0.1, 0.15) is 0 Å².